The molecule has 1 rings (SSSR count). The number of amides is 1. The second-order valence-corrected chi connectivity index (χ2v) is 6.65. The monoisotopic (exact) mass is 326 g/mol. The number of nitrogens with one attached hydrogen (secondary N) is 1. The lowest BCUT2D eigenvalue weighted by atomic mass is 9.90. The van der Waals surface area contributed by atoms with Crippen LogP contribution < -0.4 is 11.1 Å². The first-order valence-corrected chi connectivity index (χ1v) is 7.35. The molecule has 0 fully saturated rings. The Morgan fingerprint density at radius 3 is 2.63 bits per heavy atom. The van der Waals surface area contributed by atoms with Gasteiger partial charge in [-0.2, -0.15) is 0 Å². The summed E-state index contributed by atoms with van der Waals surface area (Å²) in [6.45, 7) is 8.65. The van der Waals surface area contributed by atoms with Crippen LogP contribution in [0.1, 0.15) is 43.1 Å². The topological polar surface area (TPSA) is 55.1 Å². The van der Waals surface area contributed by atoms with Gasteiger partial charge in [0.05, 0.1) is 5.56 Å². The van der Waals surface area contributed by atoms with Crippen LogP contribution in [0.2, 0.25) is 0 Å². The molecule has 0 aliphatic carbocycles. The molecule has 1 atom stereocenters. The molecular weight excluding hydrogens is 304 g/mol. The number of halogens is 1. The lowest BCUT2D eigenvalue weighted by Crippen LogP contribution is -2.52. The average Bonchev–Trinajstić information content (AvgIpc) is 2.31. The first kappa shape index (κ1) is 16.2. The van der Waals surface area contributed by atoms with Crippen molar-refractivity contribution in [2.45, 2.75) is 39.7 Å². The van der Waals surface area contributed by atoms with Crippen LogP contribution in [-0.2, 0) is 0 Å². The Morgan fingerprint density at radius 2 is 2.11 bits per heavy atom. The van der Waals surface area contributed by atoms with Gasteiger partial charge in [0.25, 0.3) is 5.91 Å². The van der Waals surface area contributed by atoms with Crippen LogP contribution in [0.15, 0.2) is 22.7 Å². The minimum absolute atomic E-state index is 0.0795. The fourth-order valence-corrected chi connectivity index (χ4v) is 2.67. The fraction of sp³-hybridized carbons (Fsp3) is 0.533. The van der Waals surface area contributed by atoms with Crippen molar-refractivity contribution in [3.05, 3.63) is 33.8 Å². The van der Waals surface area contributed by atoms with E-state index in [0.29, 0.717) is 18.0 Å². The summed E-state index contributed by atoms with van der Waals surface area (Å²) in [5.74, 6) is 0.402. The van der Waals surface area contributed by atoms with E-state index in [-0.39, 0.29) is 11.4 Å². The molecule has 0 saturated heterocycles. The predicted octanol–water partition coefficient (Wildman–Crippen LogP) is 3.25. The number of hydrogen-bond donors (Lipinski definition) is 2. The maximum atomic E-state index is 12.4. The summed E-state index contributed by atoms with van der Waals surface area (Å²) in [6.07, 6.45) is 0.860. The van der Waals surface area contributed by atoms with E-state index >= 15 is 0 Å². The predicted molar refractivity (Wildman–Crippen MR) is 83.3 cm³/mol. The number of rotatable bonds is 5. The van der Waals surface area contributed by atoms with Gasteiger partial charge in [-0.05, 0) is 54.2 Å². The summed E-state index contributed by atoms with van der Waals surface area (Å²) in [5.41, 5.74) is 7.17. The highest BCUT2D eigenvalue weighted by Crippen LogP contribution is 2.21. The molecule has 0 aliphatic rings. The van der Waals surface area contributed by atoms with E-state index in [2.05, 4.69) is 35.1 Å². The van der Waals surface area contributed by atoms with Gasteiger partial charge in [0.15, 0.2) is 0 Å². The van der Waals surface area contributed by atoms with Crippen molar-refractivity contribution in [3.8, 4) is 0 Å². The van der Waals surface area contributed by atoms with Crippen molar-refractivity contribution in [2.75, 3.05) is 6.54 Å². The minimum Gasteiger partial charge on any atom is -0.346 e. The second-order valence-electron chi connectivity index (χ2n) is 5.80. The molecule has 0 saturated carbocycles. The molecule has 19 heavy (non-hydrogen) atoms. The van der Waals surface area contributed by atoms with Crippen LogP contribution in [-0.4, -0.2) is 18.0 Å². The van der Waals surface area contributed by atoms with E-state index in [1.807, 2.05) is 32.0 Å². The molecule has 0 aromatic heterocycles. The molecule has 1 unspecified atom stereocenters. The number of benzene rings is 1. The SMILES string of the molecule is Cc1ccc(Br)c(C(=O)NC(C)(CN)CC(C)C)c1. The van der Waals surface area contributed by atoms with E-state index in [0.717, 1.165) is 16.5 Å². The quantitative estimate of drug-likeness (QED) is 0.872. The molecule has 106 valence electrons. The number of hydrogen-bond acceptors (Lipinski definition) is 2. The van der Waals surface area contributed by atoms with E-state index < -0.39 is 0 Å². The minimum atomic E-state index is -0.367. The summed E-state index contributed by atoms with van der Waals surface area (Å²) >= 11 is 3.42. The second kappa shape index (κ2) is 6.53. The van der Waals surface area contributed by atoms with Crippen LogP contribution >= 0.6 is 15.9 Å². The third-order valence-electron chi connectivity index (χ3n) is 3.09. The highest BCUT2D eigenvalue weighted by atomic mass is 79.9. The number of nitrogens with two attached hydrogens (primary N) is 1. The Labute approximate surface area is 124 Å². The highest BCUT2D eigenvalue weighted by molar-refractivity contribution is 9.10. The molecule has 0 bridgehead atoms. The average molecular weight is 327 g/mol. The smallest absolute Gasteiger partial charge is 0.252 e. The van der Waals surface area contributed by atoms with Crippen LogP contribution in [0.5, 0.6) is 0 Å². The molecule has 1 aromatic rings. The number of carbonyl (C=O) groups excluding carboxylic acids is 1. The van der Waals surface area contributed by atoms with Gasteiger partial charge in [-0.1, -0.05) is 25.5 Å². The molecule has 0 spiro atoms. The Balaban J connectivity index is 2.91. The molecule has 3 nitrogen and oxygen atoms in total. The largest absolute Gasteiger partial charge is 0.346 e. The summed E-state index contributed by atoms with van der Waals surface area (Å²) in [5, 5.41) is 3.06. The van der Waals surface area contributed by atoms with Gasteiger partial charge in [0.2, 0.25) is 0 Å². The molecular formula is C15H23BrN2O. The summed E-state index contributed by atoms with van der Waals surface area (Å²) in [6, 6.07) is 5.75. The summed E-state index contributed by atoms with van der Waals surface area (Å²) in [7, 11) is 0. The van der Waals surface area contributed by atoms with Crippen LogP contribution in [0, 0.1) is 12.8 Å². The maximum Gasteiger partial charge on any atom is 0.252 e. The molecule has 0 aliphatic heterocycles. The van der Waals surface area contributed by atoms with E-state index in [1.54, 1.807) is 0 Å². The zero-order valence-corrected chi connectivity index (χ0v) is 13.7. The molecule has 1 aromatic carbocycles. The molecule has 0 heterocycles. The van der Waals surface area contributed by atoms with E-state index in [9.17, 15) is 4.79 Å². The zero-order chi connectivity index (χ0) is 14.6. The summed E-state index contributed by atoms with van der Waals surface area (Å²) < 4.78 is 0.805. The Morgan fingerprint density at radius 1 is 1.47 bits per heavy atom. The van der Waals surface area contributed by atoms with E-state index in [4.69, 9.17) is 5.73 Å². The van der Waals surface area contributed by atoms with Crippen LogP contribution in [0.3, 0.4) is 0 Å². The van der Waals surface area contributed by atoms with Gasteiger partial charge in [0.1, 0.15) is 0 Å². The van der Waals surface area contributed by atoms with Crippen molar-refractivity contribution >= 4 is 21.8 Å². The molecule has 1 amide bonds. The first-order valence-electron chi connectivity index (χ1n) is 6.56. The Hall–Kier alpha value is -0.870. The van der Waals surface area contributed by atoms with Gasteiger partial charge < -0.3 is 11.1 Å². The van der Waals surface area contributed by atoms with Crippen molar-refractivity contribution < 1.29 is 4.79 Å². The van der Waals surface area contributed by atoms with Gasteiger partial charge in [0, 0.05) is 16.6 Å². The van der Waals surface area contributed by atoms with Crippen LogP contribution in [0.25, 0.3) is 0 Å². The third-order valence-corrected chi connectivity index (χ3v) is 3.78. The van der Waals surface area contributed by atoms with Crippen molar-refractivity contribution in [3.63, 3.8) is 0 Å². The number of carbonyl (C=O) groups is 1. The van der Waals surface area contributed by atoms with Gasteiger partial charge in [-0.3, -0.25) is 4.79 Å². The van der Waals surface area contributed by atoms with Crippen molar-refractivity contribution in [1.29, 1.82) is 0 Å². The molecule has 0 radical (unpaired) electrons. The fourth-order valence-electron chi connectivity index (χ4n) is 2.24. The lowest BCUT2D eigenvalue weighted by molar-refractivity contribution is 0.0897. The molecule has 3 N–H and O–H groups in total. The van der Waals surface area contributed by atoms with Crippen LogP contribution in [0.4, 0.5) is 0 Å². The van der Waals surface area contributed by atoms with E-state index in [1.165, 1.54) is 0 Å². The summed E-state index contributed by atoms with van der Waals surface area (Å²) in [4.78, 5) is 12.4. The number of aryl methyl sites for hydroxylation is 1. The van der Waals surface area contributed by atoms with Gasteiger partial charge in [-0.15, -0.1) is 0 Å². The first-order chi connectivity index (χ1) is 8.77. The standard InChI is InChI=1S/C15H23BrN2O/c1-10(2)8-15(4,9-17)18-14(19)12-7-11(3)5-6-13(12)16/h5-7,10H,8-9,17H2,1-4H3,(H,18,19). The highest BCUT2D eigenvalue weighted by Gasteiger charge is 2.26. The van der Waals surface area contributed by atoms with Gasteiger partial charge >= 0.3 is 0 Å². The Kier molecular flexibility index (Phi) is 5.56. The Bertz CT molecular complexity index is 459. The lowest BCUT2D eigenvalue weighted by Gasteiger charge is -2.31. The molecule has 4 heteroatoms. The van der Waals surface area contributed by atoms with Crippen molar-refractivity contribution in [2.24, 2.45) is 11.7 Å². The normalized spacial score (nSPS) is 14.3. The maximum absolute atomic E-state index is 12.4. The third kappa shape index (κ3) is 4.62. The zero-order valence-electron chi connectivity index (χ0n) is 12.1. The van der Waals surface area contributed by atoms with Gasteiger partial charge in [-0.25, -0.2) is 0 Å². The van der Waals surface area contributed by atoms with Crippen molar-refractivity contribution in [1.82, 2.24) is 5.32 Å².